The Bertz CT molecular complexity index is 997. The highest BCUT2D eigenvalue weighted by molar-refractivity contribution is 5.74. The first-order chi connectivity index (χ1) is 12.6. The smallest absolute Gasteiger partial charge is 0.251 e. The van der Waals surface area contributed by atoms with E-state index in [1.165, 1.54) is 0 Å². The van der Waals surface area contributed by atoms with Gasteiger partial charge >= 0.3 is 0 Å². The second-order valence-electron chi connectivity index (χ2n) is 7.07. The Kier molecular flexibility index (Phi) is 4.51. The van der Waals surface area contributed by atoms with E-state index in [2.05, 4.69) is 14.9 Å². The van der Waals surface area contributed by atoms with Gasteiger partial charge in [0, 0.05) is 25.1 Å². The van der Waals surface area contributed by atoms with Crippen LogP contribution in [0.2, 0.25) is 0 Å². The molecule has 0 radical (unpaired) electrons. The number of aromatic amines is 1. The van der Waals surface area contributed by atoms with Gasteiger partial charge in [-0.25, -0.2) is 15.0 Å². The lowest BCUT2D eigenvalue weighted by Gasteiger charge is -2.32. The summed E-state index contributed by atoms with van der Waals surface area (Å²) in [4.78, 5) is 31.0. The van der Waals surface area contributed by atoms with Crippen LogP contribution >= 0.6 is 0 Å². The van der Waals surface area contributed by atoms with E-state index in [-0.39, 0.29) is 5.56 Å². The van der Waals surface area contributed by atoms with Gasteiger partial charge in [0.05, 0.1) is 28.1 Å². The fourth-order valence-electron chi connectivity index (χ4n) is 3.74. The summed E-state index contributed by atoms with van der Waals surface area (Å²) < 4.78 is 0. The summed E-state index contributed by atoms with van der Waals surface area (Å²) in [6.45, 7) is 6.57. The molecular formula is C20H23N5O. The predicted octanol–water partition coefficient (Wildman–Crippen LogP) is 2.71. The van der Waals surface area contributed by atoms with Gasteiger partial charge < -0.3 is 4.98 Å². The number of aromatic nitrogens is 4. The minimum atomic E-state index is -0.0686. The molecule has 1 aliphatic rings. The van der Waals surface area contributed by atoms with E-state index in [1.807, 2.05) is 38.1 Å². The molecule has 1 atom stereocenters. The average Bonchev–Trinajstić information content (AvgIpc) is 2.62. The highest BCUT2D eigenvalue weighted by atomic mass is 16.1. The highest BCUT2D eigenvalue weighted by Gasteiger charge is 2.24. The molecule has 1 fully saturated rings. The number of hydrogen-bond donors (Lipinski definition) is 1. The number of para-hydroxylation sites is 2. The SMILES string of the molecule is Cc1nc([C@@H]2CCCN(Cc3nc4ccccc4nc3C)C2)cc(=O)[nH]1. The van der Waals surface area contributed by atoms with Crippen molar-refractivity contribution in [2.24, 2.45) is 0 Å². The monoisotopic (exact) mass is 349 g/mol. The summed E-state index contributed by atoms with van der Waals surface area (Å²) >= 11 is 0. The summed E-state index contributed by atoms with van der Waals surface area (Å²) in [5, 5.41) is 0. The summed E-state index contributed by atoms with van der Waals surface area (Å²) in [7, 11) is 0. The second-order valence-corrected chi connectivity index (χ2v) is 7.07. The van der Waals surface area contributed by atoms with Crippen molar-refractivity contribution in [3.63, 3.8) is 0 Å². The lowest BCUT2D eigenvalue weighted by Crippen LogP contribution is -2.35. The Hall–Kier alpha value is -2.60. The van der Waals surface area contributed by atoms with E-state index in [1.54, 1.807) is 6.07 Å². The zero-order chi connectivity index (χ0) is 18.1. The molecule has 0 unspecified atom stereocenters. The summed E-state index contributed by atoms with van der Waals surface area (Å²) in [5.41, 5.74) is 4.72. The molecule has 1 N–H and O–H groups in total. The topological polar surface area (TPSA) is 74.8 Å². The van der Waals surface area contributed by atoms with Crippen LogP contribution in [-0.2, 0) is 6.54 Å². The third-order valence-electron chi connectivity index (χ3n) is 5.02. The predicted molar refractivity (Wildman–Crippen MR) is 101 cm³/mol. The number of fused-ring (bicyclic) bond motifs is 1. The lowest BCUT2D eigenvalue weighted by molar-refractivity contribution is 0.196. The van der Waals surface area contributed by atoms with Gasteiger partial charge in [-0.2, -0.15) is 0 Å². The van der Waals surface area contributed by atoms with Gasteiger partial charge in [0.1, 0.15) is 5.82 Å². The van der Waals surface area contributed by atoms with Gasteiger partial charge in [-0.1, -0.05) is 12.1 Å². The molecule has 0 saturated carbocycles. The number of likely N-dealkylation sites (tertiary alicyclic amines) is 1. The van der Waals surface area contributed by atoms with E-state index in [9.17, 15) is 4.79 Å². The molecule has 0 aliphatic carbocycles. The van der Waals surface area contributed by atoms with E-state index in [0.29, 0.717) is 11.7 Å². The molecule has 134 valence electrons. The van der Waals surface area contributed by atoms with E-state index in [0.717, 1.165) is 60.6 Å². The van der Waals surface area contributed by atoms with E-state index in [4.69, 9.17) is 9.97 Å². The van der Waals surface area contributed by atoms with Crippen molar-refractivity contribution < 1.29 is 0 Å². The fourth-order valence-corrected chi connectivity index (χ4v) is 3.74. The minimum absolute atomic E-state index is 0.0686. The number of H-pyrrole nitrogens is 1. The van der Waals surface area contributed by atoms with Crippen molar-refractivity contribution in [3.8, 4) is 0 Å². The van der Waals surface area contributed by atoms with Gasteiger partial charge in [-0.05, 0) is 45.4 Å². The van der Waals surface area contributed by atoms with E-state index >= 15 is 0 Å². The van der Waals surface area contributed by atoms with Crippen LogP contribution in [0.3, 0.4) is 0 Å². The van der Waals surface area contributed by atoms with Crippen LogP contribution in [0.15, 0.2) is 35.1 Å². The van der Waals surface area contributed by atoms with Gasteiger partial charge in [0.25, 0.3) is 5.56 Å². The standard InChI is InChI=1S/C20H23N5O/c1-13-19(24-17-8-4-3-7-16(17)21-13)12-25-9-5-6-15(11-25)18-10-20(26)23-14(2)22-18/h3-4,7-8,10,15H,5-6,9,11-12H2,1-2H3,(H,22,23,26)/t15-/m1/s1. The maximum atomic E-state index is 11.8. The number of piperidine rings is 1. The van der Waals surface area contributed by atoms with Crippen molar-refractivity contribution in [3.05, 3.63) is 63.6 Å². The molecule has 0 bridgehead atoms. The van der Waals surface area contributed by atoms with Gasteiger partial charge in [-0.15, -0.1) is 0 Å². The van der Waals surface area contributed by atoms with Crippen molar-refractivity contribution in [2.75, 3.05) is 13.1 Å². The van der Waals surface area contributed by atoms with Gasteiger partial charge in [0.2, 0.25) is 0 Å². The highest BCUT2D eigenvalue weighted by Crippen LogP contribution is 2.26. The molecule has 1 saturated heterocycles. The molecule has 3 heterocycles. The third kappa shape index (κ3) is 3.51. The maximum absolute atomic E-state index is 11.8. The Morgan fingerprint density at radius 1 is 1.15 bits per heavy atom. The van der Waals surface area contributed by atoms with Crippen molar-refractivity contribution in [1.29, 1.82) is 0 Å². The number of aryl methyl sites for hydroxylation is 2. The molecule has 6 heteroatoms. The lowest BCUT2D eigenvalue weighted by atomic mass is 9.94. The second kappa shape index (κ2) is 6.96. The molecule has 4 rings (SSSR count). The van der Waals surface area contributed by atoms with Crippen molar-refractivity contribution >= 4 is 11.0 Å². The zero-order valence-corrected chi connectivity index (χ0v) is 15.2. The first kappa shape index (κ1) is 16.8. The first-order valence-corrected chi connectivity index (χ1v) is 9.11. The maximum Gasteiger partial charge on any atom is 0.251 e. The molecule has 3 aromatic rings. The number of hydrogen-bond acceptors (Lipinski definition) is 5. The molecule has 6 nitrogen and oxygen atoms in total. The van der Waals surface area contributed by atoms with Crippen molar-refractivity contribution in [1.82, 2.24) is 24.8 Å². The van der Waals surface area contributed by atoms with Gasteiger partial charge in [-0.3, -0.25) is 9.69 Å². The Labute approximate surface area is 152 Å². The average molecular weight is 349 g/mol. The summed E-state index contributed by atoms with van der Waals surface area (Å²) in [6.07, 6.45) is 2.16. The number of benzene rings is 1. The Morgan fingerprint density at radius 3 is 2.69 bits per heavy atom. The van der Waals surface area contributed by atoms with Crippen LogP contribution in [0, 0.1) is 13.8 Å². The van der Waals surface area contributed by atoms with Crippen LogP contribution in [0.5, 0.6) is 0 Å². The van der Waals surface area contributed by atoms with Crippen molar-refractivity contribution in [2.45, 2.75) is 39.2 Å². The van der Waals surface area contributed by atoms with Crippen LogP contribution in [0.4, 0.5) is 0 Å². The van der Waals surface area contributed by atoms with Crippen LogP contribution in [0.25, 0.3) is 11.0 Å². The molecule has 1 aliphatic heterocycles. The molecule has 26 heavy (non-hydrogen) atoms. The number of nitrogens with zero attached hydrogens (tertiary/aromatic N) is 4. The number of nitrogens with one attached hydrogen (secondary N) is 1. The summed E-state index contributed by atoms with van der Waals surface area (Å²) in [5.74, 6) is 0.972. The third-order valence-corrected chi connectivity index (χ3v) is 5.02. The molecule has 2 aromatic heterocycles. The molecule has 0 amide bonds. The fraction of sp³-hybridized carbons (Fsp3) is 0.400. The normalized spacial score (nSPS) is 18.3. The first-order valence-electron chi connectivity index (χ1n) is 9.11. The number of rotatable bonds is 3. The van der Waals surface area contributed by atoms with Gasteiger partial charge in [0.15, 0.2) is 0 Å². The molecule has 1 aromatic carbocycles. The van der Waals surface area contributed by atoms with Crippen LogP contribution < -0.4 is 5.56 Å². The zero-order valence-electron chi connectivity index (χ0n) is 15.2. The van der Waals surface area contributed by atoms with Crippen LogP contribution in [0.1, 0.15) is 41.7 Å². The quantitative estimate of drug-likeness (QED) is 0.787. The minimum Gasteiger partial charge on any atom is -0.311 e. The molecule has 0 spiro atoms. The Balaban J connectivity index is 1.55. The van der Waals surface area contributed by atoms with E-state index < -0.39 is 0 Å². The molecular weight excluding hydrogens is 326 g/mol. The largest absolute Gasteiger partial charge is 0.311 e. The Morgan fingerprint density at radius 2 is 1.92 bits per heavy atom. The van der Waals surface area contributed by atoms with Crippen LogP contribution in [-0.4, -0.2) is 37.9 Å². The summed E-state index contributed by atoms with van der Waals surface area (Å²) in [6, 6.07) is 9.63.